The van der Waals surface area contributed by atoms with Crippen LogP contribution < -0.4 is 0 Å². The molecule has 184 valence electrons. The lowest BCUT2D eigenvalue weighted by molar-refractivity contribution is 0.0596. The zero-order valence-corrected chi connectivity index (χ0v) is 21.2. The summed E-state index contributed by atoms with van der Waals surface area (Å²) in [6.07, 6.45) is 19.9. The van der Waals surface area contributed by atoms with Gasteiger partial charge in [-0.2, -0.15) is 6.42 Å². The lowest BCUT2D eigenvalue weighted by Gasteiger charge is -2.44. The summed E-state index contributed by atoms with van der Waals surface area (Å²) in [6.45, 7) is 9.05. The van der Waals surface area contributed by atoms with Gasteiger partial charge < -0.3 is 21.7 Å². The average Bonchev–Trinajstić information content (AvgIpc) is 3.08. The minimum absolute atomic E-state index is 0.178. The van der Waals surface area contributed by atoms with E-state index in [-0.39, 0.29) is 18.6 Å². The third-order valence-corrected chi connectivity index (χ3v) is 9.07. The molecule has 3 nitrogen and oxygen atoms in total. The summed E-state index contributed by atoms with van der Waals surface area (Å²) in [5.41, 5.74) is 2.92. The summed E-state index contributed by atoms with van der Waals surface area (Å²) in [6, 6.07) is 0. The van der Waals surface area contributed by atoms with Crippen LogP contribution in [0.15, 0.2) is 23.3 Å². The number of fused-ring (bicyclic) bond motifs is 1. The summed E-state index contributed by atoms with van der Waals surface area (Å²) in [5.74, 6) is 2.48. The largest absolute Gasteiger partial charge is 0.399 e. The highest BCUT2D eigenvalue weighted by Crippen LogP contribution is 2.60. The van der Waals surface area contributed by atoms with Crippen LogP contribution in [0.3, 0.4) is 0 Å². The molecule has 3 heteroatoms. The number of hydrogen-bond donors (Lipinski definition) is 3. The van der Waals surface area contributed by atoms with Crippen molar-refractivity contribution in [3.8, 4) is 0 Å². The predicted octanol–water partition coefficient (Wildman–Crippen LogP) is 6.38. The van der Waals surface area contributed by atoms with Gasteiger partial charge in [0.2, 0.25) is 0 Å². The number of aliphatic hydroxyl groups excluding tert-OH is 2. The van der Waals surface area contributed by atoms with E-state index in [0.29, 0.717) is 17.8 Å². The Kier molecular flexibility index (Phi) is 9.08. The zero-order chi connectivity index (χ0) is 23.4. The molecule has 0 spiro atoms. The second-order valence-corrected chi connectivity index (χ2v) is 12.1. The molecule has 32 heavy (non-hydrogen) atoms. The fourth-order valence-corrected chi connectivity index (χ4v) is 7.28. The van der Waals surface area contributed by atoms with Gasteiger partial charge in [-0.1, -0.05) is 56.4 Å². The molecule has 0 aromatic rings. The van der Waals surface area contributed by atoms with Crippen molar-refractivity contribution >= 4 is 0 Å². The van der Waals surface area contributed by atoms with Crippen LogP contribution >= 0.6 is 0 Å². The molecule has 0 aromatic heterocycles. The van der Waals surface area contributed by atoms with Crippen LogP contribution in [0.5, 0.6) is 0 Å². The van der Waals surface area contributed by atoms with E-state index in [1.807, 2.05) is 13.8 Å². The first kappa shape index (κ1) is 26.0. The van der Waals surface area contributed by atoms with Gasteiger partial charge in [0.15, 0.2) is 0 Å². The Bertz CT molecular complexity index is 658. The topological polar surface area (TPSA) is 60.7 Å². The normalized spacial score (nSPS) is 37.1. The number of allylic oxidation sites excluding steroid dienone is 3. The van der Waals surface area contributed by atoms with Crippen LogP contribution in [0, 0.1) is 35.5 Å². The maximum atomic E-state index is 10.5. The van der Waals surface area contributed by atoms with Crippen LogP contribution in [0.4, 0.5) is 0 Å². The maximum Gasteiger partial charge on any atom is 0.0591 e. The monoisotopic (exact) mass is 445 g/mol. The minimum atomic E-state index is -0.542. The quantitative estimate of drug-likeness (QED) is 0.361. The highest BCUT2D eigenvalue weighted by Gasteiger charge is 2.50. The molecule has 3 aliphatic carbocycles. The number of rotatable bonds is 9. The third kappa shape index (κ3) is 6.48. The van der Waals surface area contributed by atoms with E-state index in [1.54, 1.807) is 5.57 Å². The summed E-state index contributed by atoms with van der Waals surface area (Å²) < 4.78 is 0. The number of aliphatic hydroxyl groups is 3. The van der Waals surface area contributed by atoms with Crippen molar-refractivity contribution in [3.63, 3.8) is 0 Å². The van der Waals surface area contributed by atoms with Gasteiger partial charge in [0.25, 0.3) is 0 Å². The Labute approximate surface area is 197 Å². The molecule has 0 amide bonds. The van der Waals surface area contributed by atoms with Crippen LogP contribution in [0.25, 0.3) is 0 Å². The highest BCUT2D eigenvalue weighted by molar-refractivity contribution is 5.26. The van der Waals surface area contributed by atoms with Crippen molar-refractivity contribution in [2.45, 2.75) is 116 Å². The molecule has 0 aliphatic heterocycles. The van der Waals surface area contributed by atoms with Gasteiger partial charge in [0.05, 0.1) is 5.60 Å². The van der Waals surface area contributed by atoms with E-state index < -0.39 is 5.60 Å². The van der Waals surface area contributed by atoms with E-state index in [4.69, 9.17) is 5.11 Å². The Balaban J connectivity index is 1.61. The first-order valence-corrected chi connectivity index (χ1v) is 13.4. The van der Waals surface area contributed by atoms with Crippen molar-refractivity contribution in [1.82, 2.24) is 0 Å². The van der Waals surface area contributed by atoms with Gasteiger partial charge in [-0.3, -0.25) is 0 Å². The molecule has 3 fully saturated rings. The van der Waals surface area contributed by atoms with Gasteiger partial charge in [0.1, 0.15) is 0 Å². The molecule has 4 unspecified atom stereocenters. The molecule has 3 rings (SSSR count). The van der Waals surface area contributed by atoms with E-state index >= 15 is 0 Å². The van der Waals surface area contributed by atoms with Crippen LogP contribution in [-0.2, 0) is 0 Å². The fourth-order valence-electron chi connectivity index (χ4n) is 7.28. The average molecular weight is 446 g/mol. The Morgan fingerprint density at radius 1 is 1.19 bits per heavy atom. The lowest BCUT2D eigenvalue weighted by Crippen LogP contribution is -2.36. The Morgan fingerprint density at radius 3 is 2.66 bits per heavy atom. The molecule has 0 radical (unpaired) electrons. The van der Waals surface area contributed by atoms with E-state index in [1.165, 1.54) is 44.1 Å². The third-order valence-electron chi connectivity index (χ3n) is 9.07. The SMILES string of the molecule is C[C@@H](CCCC(C)(C)O)C1CCC2/C(=C/C=C3/CCC([CH-]CCO)[C@H](O)C3)CCCC21C. The van der Waals surface area contributed by atoms with Gasteiger partial charge in [-0.05, 0) is 88.4 Å². The van der Waals surface area contributed by atoms with E-state index in [2.05, 4.69) is 32.4 Å². The smallest absolute Gasteiger partial charge is 0.0591 e. The second-order valence-electron chi connectivity index (χ2n) is 12.1. The molecular formula is C29H49O3-. The summed E-state index contributed by atoms with van der Waals surface area (Å²) >= 11 is 0. The van der Waals surface area contributed by atoms with E-state index in [0.717, 1.165) is 43.9 Å². The second kappa shape index (κ2) is 11.2. The molecule has 0 saturated heterocycles. The molecular weight excluding hydrogens is 396 g/mol. The highest BCUT2D eigenvalue weighted by atomic mass is 16.3. The fraction of sp³-hybridized carbons (Fsp3) is 0.828. The van der Waals surface area contributed by atoms with Crippen molar-refractivity contribution in [2.24, 2.45) is 29.1 Å². The first-order valence-electron chi connectivity index (χ1n) is 13.4. The van der Waals surface area contributed by atoms with Gasteiger partial charge in [0, 0.05) is 12.7 Å². The van der Waals surface area contributed by atoms with Crippen molar-refractivity contribution in [1.29, 1.82) is 0 Å². The standard InChI is InChI=1S/C29H49O3/c1-21(8-5-17-28(2,3)32)25-15-16-26-23(9-6-18-29(25,26)4)13-11-22-12-14-24(10-7-19-30)27(31)20-22/h10-11,13,21,24-27,30-32H,5-9,12,14-20H2,1-4H3/q-1/b22-11-,23-13+/t21-,24?,25?,26?,27+,29?/m0/s1. The summed E-state index contributed by atoms with van der Waals surface area (Å²) in [5, 5.41) is 29.6. The number of hydrogen-bond acceptors (Lipinski definition) is 3. The van der Waals surface area contributed by atoms with Gasteiger partial charge >= 0.3 is 0 Å². The molecule has 3 saturated carbocycles. The first-order chi connectivity index (χ1) is 15.1. The summed E-state index contributed by atoms with van der Waals surface area (Å²) in [7, 11) is 0. The van der Waals surface area contributed by atoms with E-state index in [9.17, 15) is 10.2 Å². The minimum Gasteiger partial charge on any atom is -0.399 e. The van der Waals surface area contributed by atoms with Crippen LogP contribution in [-0.4, -0.2) is 33.6 Å². The van der Waals surface area contributed by atoms with Gasteiger partial charge in [-0.25, -0.2) is 0 Å². The van der Waals surface area contributed by atoms with Gasteiger partial charge in [-0.15, -0.1) is 5.92 Å². The lowest BCUT2D eigenvalue weighted by atomic mass is 9.60. The Hall–Kier alpha value is -0.640. The predicted molar refractivity (Wildman–Crippen MR) is 133 cm³/mol. The molecule has 3 aliphatic rings. The molecule has 6 atom stereocenters. The molecule has 0 aromatic carbocycles. The van der Waals surface area contributed by atoms with Crippen LogP contribution in [0.1, 0.15) is 105 Å². The molecule has 0 heterocycles. The van der Waals surface area contributed by atoms with Crippen LogP contribution in [0.2, 0.25) is 0 Å². The summed E-state index contributed by atoms with van der Waals surface area (Å²) in [4.78, 5) is 0. The maximum absolute atomic E-state index is 10.5. The molecule has 0 bridgehead atoms. The molecule has 3 N–H and O–H groups in total. The van der Waals surface area contributed by atoms with Crippen molar-refractivity contribution in [3.05, 3.63) is 29.7 Å². The van der Waals surface area contributed by atoms with Crippen molar-refractivity contribution in [2.75, 3.05) is 6.61 Å². The van der Waals surface area contributed by atoms with Crippen molar-refractivity contribution < 1.29 is 15.3 Å². The Morgan fingerprint density at radius 2 is 1.97 bits per heavy atom. The zero-order valence-electron chi connectivity index (χ0n) is 21.2.